The number of H-pyrrole nitrogens is 1. The third-order valence-corrected chi connectivity index (χ3v) is 11.6. The van der Waals surface area contributed by atoms with Crippen molar-refractivity contribution in [3.05, 3.63) is 154 Å². The number of carbonyl (C=O) groups excluding carboxylic acids is 2. The van der Waals surface area contributed by atoms with Gasteiger partial charge in [-0.1, -0.05) is 84.9 Å². The second kappa shape index (κ2) is 18.9. The van der Waals surface area contributed by atoms with Gasteiger partial charge in [-0.2, -0.15) is 0 Å². The number of nitrogens with two attached hydrogens (primary N) is 1. The fraction of sp³-hybridized carbons (Fsp3) is 0.312. The summed E-state index contributed by atoms with van der Waals surface area (Å²) in [6.07, 6.45) is 2.37. The predicted octanol–water partition coefficient (Wildman–Crippen LogP) is 7.38. The molecule has 310 valence electrons. The lowest BCUT2D eigenvalue weighted by atomic mass is 9.97. The zero-order chi connectivity index (χ0) is 41.4. The number of aliphatic hydroxyl groups excluding tert-OH is 1. The molecular weight excluding hydrogens is 757 g/mol. The molecule has 0 aliphatic carbocycles. The summed E-state index contributed by atoms with van der Waals surface area (Å²) in [7, 11) is 0. The van der Waals surface area contributed by atoms with Gasteiger partial charge >= 0.3 is 5.69 Å². The second-order valence-electron chi connectivity index (χ2n) is 15.8. The summed E-state index contributed by atoms with van der Waals surface area (Å²) in [5, 5.41) is 15.5. The number of nitrogens with zero attached hydrogens (tertiary/aromatic N) is 2. The minimum absolute atomic E-state index is 0.0205. The largest absolute Gasteiger partial charge is 0.397 e. The maximum absolute atomic E-state index is 12.9. The molecule has 0 spiro atoms. The Kier molecular flexibility index (Phi) is 12.8. The minimum atomic E-state index is -0.608. The van der Waals surface area contributed by atoms with E-state index in [9.17, 15) is 19.5 Å². The van der Waals surface area contributed by atoms with Crippen LogP contribution in [-0.4, -0.2) is 57.1 Å². The maximum atomic E-state index is 12.9. The first kappa shape index (κ1) is 40.7. The van der Waals surface area contributed by atoms with E-state index in [0.29, 0.717) is 30.8 Å². The summed E-state index contributed by atoms with van der Waals surface area (Å²) in [6, 6.07) is 39.3. The number of imidazole rings is 1. The molecule has 2 amide bonds. The molecule has 8 rings (SSSR count). The van der Waals surface area contributed by atoms with Crippen molar-refractivity contribution in [3.8, 4) is 11.1 Å². The number of nitrogen functional groups attached to an aromatic ring is 1. The van der Waals surface area contributed by atoms with Crippen LogP contribution in [0.25, 0.3) is 22.2 Å². The van der Waals surface area contributed by atoms with Gasteiger partial charge in [0, 0.05) is 57.0 Å². The van der Waals surface area contributed by atoms with Crippen LogP contribution in [0.2, 0.25) is 0 Å². The van der Waals surface area contributed by atoms with Crippen LogP contribution in [0.1, 0.15) is 79.2 Å². The number of nitrogens with one attached hydrogen (secondary N) is 3. The Morgan fingerprint density at radius 1 is 0.783 bits per heavy atom. The van der Waals surface area contributed by atoms with E-state index in [1.807, 2.05) is 89.5 Å². The van der Waals surface area contributed by atoms with Gasteiger partial charge in [-0.05, 0) is 83.5 Å². The lowest BCUT2D eigenvalue weighted by molar-refractivity contribution is -0.253. The van der Waals surface area contributed by atoms with Gasteiger partial charge < -0.3 is 40.8 Å². The highest BCUT2D eigenvalue weighted by atomic mass is 16.7. The Morgan fingerprint density at radius 3 is 2.32 bits per heavy atom. The van der Waals surface area contributed by atoms with Crippen LogP contribution in [0, 0.1) is 0 Å². The summed E-state index contributed by atoms with van der Waals surface area (Å²) in [4.78, 5) is 43.4. The number of likely N-dealkylation sites (tertiary alicyclic amines) is 1. The molecule has 2 aliphatic rings. The summed E-state index contributed by atoms with van der Waals surface area (Å²) < 4.78 is 15.4. The number of ether oxygens (including phenoxy) is 2. The quantitative estimate of drug-likeness (QED) is 0.0712. The van der Waals surface area contributed by atoms with Crippen LogP contribution in [0.3, 0.4) is 0 Å². The second-order valence-corrected chi connectivity index (χ2v) is 15.8. The first-order chi connectivity index (χ1) is 29.3. The number of para-hydroxylation sites is 4. The molecule has 2 fully saturated rings. The van der Waals surface area contributed by atoms with Gasteiger partial charge in [0.25, 0.3) is 0 Å². The number of aromatic nitrogens is 2. The van der Waals surface area contributed by atoms with E-state index in [0.717, 1.165) is 76.9 Å². The predicted molar refractivity (Wildman–Crippen MR) is 233 cm³/mol. The van der Waals surface area contributed by atoms with Gasteiger partial charge in [0.2, 0.25) is 11.8 Å². The van der Waals surface area contributed by atoms with E-state index in [1.54, 1.807) is 18.2 Å². The Morgan fingerprint density at radius 2 is 1.52 bits per heavy atom. The SMILES string of the molecule is Nc1ccccc1NC(=O)CCCC(=O)NCc1cccc(-c2cccc(C3OC(CN4CCC(n5c(=O)[nH]c6ccccc65)CC4)CC(c4ccc(CO)cc4)O3)c2)c1. The lowest BCUT2D eigenvalue weighted by Crippen LogP contribution is -2.43. The number of amides is 2. The van der Waals surface area contributed by atoms with Gasteiger partial charge in [-0.15, -0.1) is 0 Å². The summed E-state index contributed by atoms with van der Waals surface area (Å²) in [5.74, 6) is -0.300. The fourth-order valence-electron chi connectivity index (χ4n) is 8.37. The Hall–Kier alpha value is -6.05. The molecule has 12 heteroatoms. The monoisotopic (exact) mass is 808 g/mol. The first-order valence-corrected chi connectivity index (χ1v) is 20.8. The van der Waals surface area contributed by atoms with E-state index in [-0.39, 0.29) is 55.2 Å². The number of carbonyl (C=O) groups is 2. The Labute approximate surface area is 349 Å². The van der Waals surface area contributed by atoms with Crippen LogP contribution < -0.4 is 22.1 Å². The molecule has 2 saturated heterocycles. The fourth-order valence-corrected chi connectivity index (χ4v) is 8.37. The highest BCUT2D eigenvalue weighted by Crippen LogP contribution is 2.39. The Bertz CT molecular complexity index is 2470. The molecular formula is C48H52N6O6. The van der Waals surface area contributed by atoms with Crippen LogP contribution in [0.5, 0.6) is 0 Å². The van der Waals surface area contributed by atoms with E-state index in [2.05, 4.69) is 38.7 Å². The van der Waals surface area contributed by atoms with Crippen molar-refractivity contribution in [3.63, 3.8) is 0 Å². The topological polar surface area (TPSA) is 164 Å². The molecule has 0 radical (unpaired) electrons. The highest BCUT2D eigenvalue weighted by molar-refractivity contribution is 5.94. The zero-order valence-electron chi connectivity index (χ0n) is 33.6. The molecule has 3 heterocycles. The number of aromatic amines is 1. The van der Waals surface area contributed by atoms with Crippen molar-refractivity contribution in [1.29, 1.82) is 0 Å². The molecule has 1 aromatic heterocycles. The third kappa shape index (κ3) is 9.86. The molecule has 0 saturated carbocycles. The van der Waals surface area contributed by atoms with Crippen LogP contribution in [0.4, 0.5) is 11.4 Å². The van der Waals surface area contributed by atoms with Gasteiger partial charge in [0.1, 0.15) is 0 Å². The maximum Gasteiger partial charge on any atom is 0.326 e. The number of hydrogen-bond acceptors (Lipinski definition) is 8. The van der Waals surface area contributed by atoms with E-state index >= 15 is 0 Å². The number of aliphatic hydroxyl groups is 1. The number of fused-ring (bicyclic) bond motifs is 1. The zero-order valence-corrected chi connectivity index (χ0v) is 33.6. The molecule has 0 bridgehead atoms. The van der Waals surface area contributed by atoms with Gasteiger partial charge in [0.05, 0.1) is 41.2 Å². The standard InChI is InChI=1S/C48H52N6O6/c49-40-12-1-2-13-41(40)51-46(57)17-7-16-45(56)50-29-33-8-5-9-35(26-33)36-10-6-11-37(27-36)47-59-39(28-44(60-47)34-20-18-32(31-55)19-21-34)30-53-24-22-38(23-25-53)54-43-15-4-3-14-42(43)52-48(54)58/h1-6,8-15,18-21,26-27,38-39,44,47,55H,7,16-17,22-25,28-31,49H2,(H,50,56)(H,51,57)(H,52,58). The average molecular weight is 809 g/mol. The van der Waals surface area contributed by atoms with Gasteiger partial charge in [-0.25, -0.2) is 4.79 Å². The summed E-state index contributed by atoms with van der Waals surface area (Å²) in [6.45, 7) is 2.79. The van der Waals surface area contributed by atoms with Crippen LogP contribution >= 0.6 is 0 Å². The number of hydrogen-bond donors (Lipinski definition) is 5. The van der Waals surface area contributed by atoms with Crippen molar-refractivity contribution in [2.24, 2.45) is 0 Å². The molecule has 6 aromatic rings. The summed E-state index contributed by atoms with van der Waals surface area (Å²) >= 11 is 0. The van der Waals surface area contributed by atoms with Crippen LogP contribution in [0.15, 0.2) is 126 Å². The van der Waals surface area contributed by atoms with Crippen LogP contribution in [-0.2, 0) is 32.2 Å². The first-order valence-electron chi connectivity index (χ1n) is 20.8. The summed E-state index contributed by atoms with van der Waals surface area (Å²) in [5.41, 5.74) is 14.5. The molecule has 5 aromatic carbocycles. The third-order valence-electron chi connectivity index (χ3n) is 11.6. The van der Waals surface area contributed by atoms with Crippen molar-refractivity contribution < 1.29 is 24.2 Å². The lowest BCUT2D eigenvalue weighted by Gasteiger charge is -2.40. The minimum Gasteiger partial charge on any atom is -0.397 e. The molecule has 3 atom stereocenters. The van der Waals surface area contributed by atoms with Crippen molar-refractivity contribution in [1.82, 2.24) is 19.8 Å². The molecule has 12 nitrogen and oxygen atoms in total. The normalized spacial score (nSPS) is 18.6. The van der Waals surface area contributed by atoms with Gasteiger partial charge in [-0.3, -0.25) is 14.2 Å². The van der Waals surface area contributed by atoms with E-state index in [4.69, 9.17) is 15.2 Å². The van der Waals surface area contributed by atoms with Gasteiger partial charge in [0.15, 0.2) is 6.29 Å². The number of rotatable bonds is 14. The smallest absolute Gasteiger partial charge is 0.326 e. The number of piperidine rings is 1. The van der Waals surface area contributed by atoms with E-state index < -0.39 is 6.29 Å². The number of anilines is 2. The van der Waals surface area contributed by atoms with E-state index in [1.165, 1.54) is 0 Å². The van der Waals surface area contributed by atoms with Crippen molar-refractivity contribution >= 4 is 34.2 Å². The average Bonchev–Trinajstić information content (AvgIpc) is 3.62. The van der Waals surface area contributed by atoms with Crippen molar-refractivity contribution in [2.75, 3.05) is 30.7 Å². The highest BCUT2D eigenvalue weighted by Gasteiger charge is 2.34. The molecule has 6 N–H and O–H groups in total. The van der Waals surface area contributed by atoms with Crippen molar-refractivity contribution in [2.45, 2.75) is 76.2 Å². The molecule has 2 aliphatic heterocycles. The number of benzene rings is 5. The Balaban J connectivity index is 0.900. The molecule has 60 heavy (non-hydrogen) atoms. The molecule has 3 unspecified atom stereocenters.